The largest absolute Gasteiger partial charge is 0.348 e. The van der Waals surface area contributed by atoms with Crippen molar-refractivity contribution in [1.82, 2.24) is 25.4 Å². The fourth-order valence-electron chi connectivity index (χ4n) is 4.87. The number of aromatic nitrogens is 2. The lowest BCUT2D eigenvalue weighted by Gasteiger charge is -2.43. The minimum absolute atomic E-state index is 0.0383. The third-order valence-corrected chi connectivity index (χ3v) is 6.94. The quantitative estimate of drug-likeness (QED) is 0.195. The molecule has 3 N–H and O–H groups in total. The van der Waals surface area contributed by atoms with Crippen molar-refractivity contribution in [1.29, 1.82) is 0 Å². The minimum atomic E-state index is -0.705. The molecule has 0 unspecified atom stereocenters. The van der Waals surface area contributed by atoms with Gasteiger partial charge in [0.2, 0.25) is 23.4 Å². The zero-order valence-corrected chi connectivity index (χ0v) is 20.8. The Morgan fingerprint density at radius 1 is 1.32 bits per heavy atom. The van der Waals surface area contributed by atoms with Gasteiger partial charge in [-0.05, 0) is 36.9 Å². The summed E-state index contributed by atoms with van der Waals surface area (Å²) in [5.74, 6) is -1.38. The Balaban J connectivity index is 1.74. The fourth-order valence-corrected chi connectivity index (χ4v) is 5.04. The first-order valence-electron chi connectivity index (χ1n) is 11.8. The maximum absolute atomic E-state index is 15.5. The Morgan fingerprint density at radius 3 is 2.68 bits per heavy atom. The molecule has 10 nitrogen and oxygen atoms in total. The molecule has 12 heteroatoms. The Labute approximate surface area is 204 Å². The van der Waals surface area contributed by atoms with Crippen LogP contribution in [0.4, 0.5) is 16.0 Å². The molecule has 1 saturated carbocycles. The van der Waals surface area contributed by atoms with Crippen LogP contribution in [-0.2, 0) is 9.59 Å². The van der Waals surface area contributed by atoms with Crippen LogP contribution < -0.4 is 15.8 Å². The van der Waals surface area contributed by atoms with Crippen molar-refractivity contribution >= 4 is 35.6 Å². The van der Waals surface area contributed by atoms with Crippen LogP contribution in [0.25, 0.3) is 0 Å². The first-order valence-corrected chi connectivity index (χ1v) is 12.2. The van der Waals surface area contributed by atoms with Gasteiger partial charge in [-0.25, -0.2) is 5.06 Å². The van der Waals surface area contributed by atoms with Gasteiger partial charge in [-0.1, -0.05) is 39.5 Å². The van der Waals surface area contributed by atoms with Crippen molar-refractivity contribution in [2.75, 3.05) is 43.6 Å². The van der Waals surface area contributed by atoms with Crippen LogP contribution >= 0.6 is 11.6 Å². The van der Waals surface area contributed by atoms with E-state index in [1.807, 2.05) is 11.9 Å². The number of amides is 2. The molecule has 0 radical (unpaired) electrons. The van der Waals surface area contributed by atoms with E-state index in [0.29, 0.717) is 23.9 Å². The number of likely N-dealkylation sites (N-methyl/N-ethyl adjacent to an activating group) is 1. The number of carbonyl (C=O) groups is 2. The number of carbonyl (C=O) groups excluding carboxylic acids is 2. The van der Waals surface area contributed by atoms with Gasteiger partial charge in [0.25, 0.3) is 0 Å². The molecular formula is C22H35ClFN7O3. The van der Waals surface area contributed by atoms with E-state index in [4.69, 9.17) is 11.6 Å². The van der Waals surface area contributed by atoms with E-state index in [1.54, 1.807) is 0 Å². The SMILES string of the molecule is CC(C)[C@H]1CN(C)CCN1c1nc(Cl)nc(NNC(=O)[C@@H](CC2CCCC2)CN(O)C=O)c1F. The minimum Gasteiger partial charge on any atom is -0.348 e. The molecule has 3 rings (SSSR count). The normalized spacial score (nSPS) is 20.4. The number of anilines is 2. The third-order valence-electron chi connectivity index (χ3n) is 6.77. The predicted molar refractivity (Wildman–Crippen MR) is 127 cm³/mol. The van der Waals surface area contributed by atoms with Crippen molar-refractivity contribution in [3.05, 3.63) is 11.1 Å². The van der Waals surface area contributed by atoms with Crippen LogP contribution in [0.2, 0.25) is 5.28 Å². The highest BCUT2D eigenvalue weighted by atomic mass is 35.5. The monoisotopic (exact) mass is 499 g/mol. The highest BCUT2D eigenvalue weighted by molar-refractivity contribution is 6.28. The van der Waals surface area contributed by atoms with E-state index in [2.05, 4.69) is 39.6 Å². The second-order valence-electron chi connectivity index (χ2n) is 9.67. The van der Waals surface area contributed by atoms with Gasteiger partial charge in [0.1, 0.15) is 0 Å². The smallest absolute Gasteiger partial charge is 0.243 e. The molecule has 1 aliphatic heterocycles. The lowest BCUT2D eigenvalue weighted by atomic mass is 9.92. The molecule has 2 amide bonds. The molecule has 2 aliphatic rings. The number of rotatable bonds is 10. The first-order chi connectivity index (χ1) is 16.2. The van der Waals surface area contributed by atoms with Gasteiger partial charge in [0.15, 0.2) is 11.6 Å². The number of piperazine rings is 1. The average molecular weight is 500 g/mol. The maximum atomic E-state index is 15.5. The zero-order chi connectivity index (χ0) is 24.8. The lowest BCUT2D eigenvalue weighted by molar-refractivity contribution is -0.154. The van der Waals surface area contributed by atoms with Crippen molar-refractivity contribution in [3.63, 3.8) is 0 Å². The molecule has 2 heterocycles. The molecular weight excluding hydrogens is 465 g/mol. The highest BCUT2D eigenvalue weighted by Crippen LogP contribution is 2.31. The molecule has 1 aliphatic carbocycles. The van der Waals surface area contributed by atoms with Crippen LogP contribution in [0.3, 0.4) is 0 Å². The molecule has 190 valence electrons. The second kappa shape index (κ2) is 11.9. The second-order valence-corrected chi connectivity index (χ2v) is 10.0. The zero-order valence-electron chi connectivity index (χ0n) is 20.0. The Hall–Kier alpha value is -2.24. The van der Waals surface area contributed by atoms with E-state index in [0.717, 1.165) is 38.8 Å². The van der Waals surface area contributed by atoms with Crippen LogP contribution in [0.15, 0.2) is 0 Å². The summed E-state index contributed by atoms with van der Waals surface area (Å²) in [6, 6.07) is 0.0383. The van der Waals surface area contributed by atoms with Crippen LogP contribution in [-0.4, -0.2) is 76.7 Å². The highest BCUT2D eigenvalue weighted by Gasteiger charge is 2.32. The summed E-state index contributed by atoms with van der Waals surface area (Å²) in [5.41, 5.74) is 5.03. The molecule has 0 spiro atoms. The molecule has 1 saturated heterocycles. The van der Waals surface area contributed by atoms with E-state index < -0.39 is 17.6 Å². The standard InChI is InChI=1S/C22H35ClFN7O3/c1-14(2)17-12-29(3)8-9-31(17)20-18(24)19(25-22(23)26-20)27-28-21(33)16(11-30(34)13-32)10-15-6-4-5-7-15/h13-17,34H,4-12H2,1-3H3,(H,28,33)(H,25,26,27)/t16-,17+/m0/s1. The number of halogens is 2. The summed E-state index contributed by atoms with van der Waals surface area (Å²) in [6.07, 6.45) is 5.00. The van der Waals surface area contributed by atoms with E-state index in [1.165, 1.54) is 0 Å². The van der Waals surface area contributed by atoms with Crippen LogP contribution in [0.5, 0.6) is 0 Å². The van der Waals surface area contributed by atoms with Crippen LogP contribution in [0.1, 0.15) is 46.0 Å². The third kappa shape index (κ3) is 6.67. The number of hydrogen-bond acceptors (Lipinski definition) is 8. The molecule has 0 bridgehead atoms. The number of hydrogen-bond donors (Lipinski definition) is 3. The van der Waals surface area contributed by atoms with E-state index >= 15 is 4.39 Å². The van der Waals surface area contributed by atoms with Gasteiger partial charge >= 0.3 is 0 Å². The van der Waals surface area contributed by atoms with Gasteiger partial charge in [-0.15, -0.1) is 0 Å². The molecule has 34 heavy (non-hydrogen) atoms. The molecule has 1 aromatic heterocycles. The number of nitrogens with zero attached hydrogens (tertiary/aromatic N) is 5. The summed E-state index contributed by atoms with van der Waals surface area (Å²) in [6.45, 7) is 6.09. The maximum Gasteiger partial charge on any atom is 0.243 e. The van der Waals surface area contributed by atoms with Crippen molar-refractivity contribution in [2.45, 2.75) is 52.0 Å². The first kappa shape index (κ1) is 26.4. The van der Waals surface area contributed by atoms with Crippen molar-refractivity contribution < 1.29 is 19.2 Å². The predicted octanol–water partition coefficient (Wildman–Crippen LogP) is 2.53. The van der Waals surface area contributed by atoms with Gasteiger partial charge in [-0.2, -0.15) is 14.4 Å². The van der Waals surface area contributed by atoms with E-state index in [-0.39, 0.29) is 41.8 Å². The number of hydrazine groups is 1. The molecule has 2 fully saturated rings. The Morgan fingerprint density at radius 2 is 2.03 bits per heavy atom. The molecule has 0 aromatic carbocycles. The lowest BCUT2D eigenvalue weighted by Crippen LogP contribution is -2.54. The topological polar surface area (TPSA) is 114 Å². The van der Waals surface area contributed by atoms with Crippen molar-refractivity contribution in [3.8, 4) is 0 Å². The van der Waals surface area contributed by atoms with E-state index in [9.17, 15) is 14.8 Å². The average Bonchev–Trinajstić information content (AvgIpc) is 3.31. The van der Waals surface area contributed by atoms with Crippen LogP contribution in [0, 0.1) is 23.6 Å². The Bertz CT molecular complexity index is 856. The van der Waals surface area contributed by atoms with Gasteiger partial charge in [-0.3, -0.25) is 25.6 Å². The van der Waals surface area contributed by atoms with Gasteiger partial charge in [0, 0.05) is 25.7 Å². The number of nitrogens with one attached hydrogen (secondary N) is 2. The summed E-state index contributed by atoms with van der Waals surface area (Å²) < 4.78 is 15.5. The summed E-state index contributed by atoms with van der Waals surface area (Å²) in [7, 11) is 2.03. The molecule has 2 atom stereocenters. The Kier molecular flexibility index (Phi) is 9.26. The summed E-state index contributed by atoms with van der Waals surface area (Å²) in [5, 5.41) is 9.96. The van der Waals surface area contributed by atoms with Gasteiger partial charge in [0.05, 0.1) is 12.5 Å². The van der Waals surface area contributed by atoms with Crippen molar-refractivity contribution in [2.24, 2.45) is 17.8 Å². The fraction of sp³-hybridized carbons (Fsp3) is 0.727. The summed E-state index contributed by atoms with van der Waals surface area (Å²) in [4.78, 5) is 35.9. The summed E-state index contributed by atoms with van der Waals surface area (Å²) >= 11 is 6.12. The molecule has 1 aromatic rings. The van der Waals surface area contributed by atoms with Gasteiger partial charge < -0.3 is 9.80 Å². The number of hydroxylamine groups is 2.